The molecule has 1 aromatic carbocycles. The number of benzene rings is 1. The van der Waals surface area contributed by atoms with Gasteiger partial charge in [0.25, 0.3) is 0 Å². The Balaban J connectivity index is 2.03. The average Bonchev–Trinajstić information content (AvgIpc) is 2.69. The lowest BCUT2D eigenvalue weighted by molar-refractivity contribution is -0.118. The zero-order valence-corrected chi connectivity index (χ0v) is 12.9. The molecule has 0 bridgehead atoms. The van der Waals surface area contributed by atoms with Crippen LogP contribution in [0.4, 0.5) is 10.5 Å². The lowest BCUT2D eigenvalue weighted by atomic mass is 10.2. The zero-order chi connectivity index (χ0) is 16.2. The number of hydrogen-bond donors (Lipinski definition) is 3. The van der Waals surface area contributed by atoms with Gasteiger partial charge in [-0.3, -0.25) is 4.79 Å². The van der Waals surface area contributed by atoms with E-state index in [4.69, 9.17) is 0 Å². The summed E-state index contributed by atoms with van der Waals surface area (Å²) in [6.07, 6.45) is 0.835. The van der Waals surface area contributed by atoms with Crippen LogP contribution in [0.2, 0.25) is 0 Å². The zero-order valence-electron chi connectivity index (χ0n) is 12.1. The van der Waals surface area contributed by atoms with Crippen LogP contribution in [0.3, 0.4) is 0 Å². The minimum atomic E-state index is -3.75. The summed E-state index contributed by atoms with van der Waals surface area (Å²) in [4.78, 5) is 22.8. The first-order valence-corrected chi connectivity index (χ1v) is 8.29. The van der Waals surface area contributed by atoms with Crippen LogP contribution in [0.15, 0.2) is 24.3 Å². The molecule has 1 saturated heterocycles. The van der Waals surface area contributed by atoms with E-state index in [1.54, 1.807) is 24.3 Å². The summed E-state index contributed by atoms with van der Waals surface area (Å²) in [7, 11) is -3.75. The van der Waals surface area contributed by atoms with Crippen molar-refractivity contribution in [2.24, 2.45) is 0 Å². The number of nitrogens with zero attached hydrogens (tertiary/aromatic N) is 1. The number of carbonyl (C=O) groups is 2. The molecule has 22 heavy (non-hydrogen) atoms. The smallest absolute Gasteiger partial charge is 0.319 e. The molecule has 0 spiro atoms. The minimum absolute atomic E-state index is 0.0627. The molecule has 1 aliphatic rings. The van der Waals surface area contributed by atoms with Gasteiger partial charge in [-0.1, -0.05) is 19.1 Å². The van der Waals surface area contributed by atoms with Gasteiger partial charge in [0, 0.05) is 18.8 Å². The Kier molecular flexibility index (Phi) is 4.99. The van der Waals surface area contributed by atoms with E-state index >= 15 is 0 Å². The van der Waals surface area contributed by atoms with Crippen molar-refractivity contribution in [1.82, 2.24) is 14.3 Å². The van der Waals surface area contributed by atoms with Gasteiger partial charge in [0.2, 0.25) is 5.91 Å². The van der Waals surface area contributed by atoms with E-state index in [0.29, 0.717) is 17.8 Å². The first kappa shape index (κ1) is 16.2. The highest BCUT2D eigenvalue weighted by Crippen LogP contribution is 2.16. The fourth-order valence-corrected chi connectivity index (χ4v) is 3.08. The second kappa shape index (κ2) is 6.75. The monoisotopic (exact) mass is 326 g/mol. The highest BCUT2D eigenvalue weighted by molar-refractivity contribution is 7.88. The van der Waals surface area contributed by atoms with E-state index in [-0.39, 0.29) is 19.1 Å². The molecule has 1 aliphatic heterocycles. The quantitative estimate of drug-likeness (QED) is 0.727. The molecule has 0 radical (unpaired) electrons. The highest BCUT2D eigenvalue weighted by Gasteiger charge is 2.33. The van der Waals surface area contributed by atoms with Gasteiger partial charge in [-0.15, -0.1) is 0 Å². The summed E-state index contributed by atoms with van der Waals surface area (Å²) in [5.41, 5.74) is 1.23. The maximum atomic E-state index is 11.7. The van der Waals surface area contributed by atoms with Crippen molar-refractivity contribution >= 4 is 27.8 Å². The molecular formula is C13H18N4O4S. The van der Waals surface area contributed by atoms with Crippen molar-refractivity contribution in [2.75, 3.05) is 18.4 Å². The molecular weight excluding hydrogens is 308 g/mol. The van der Waals surface area contributed by atoms with E-state index in [0.717, 1.165) is 10.7 Å². The lowest BCUT2D eigenvalue weighted by Gasteiger charge is -2.13. The van der Waals surface area contributed by atoms with E-state index < -0.39 is 16.1 Å². The van der Waals surface area contributed by atoms with Crippen LogP contribution in [0.5, 0.6) is 0 Å². The molecule has 0 atom stereocenters. The number of carbonyl (C=O) groups excluding carboxylic acids is 2. The summed E-state index contributed by atoms with van der Waals surface area (Å²) >= 11 is 0. The fraction of sp³-hybridized carbons (Fsp3) is 0.385. The van der Waals surface area contributed by atoms with Crippen LogP contribution in [0.25, 0.3) is 0 Å². The van der Waals surface area contributed by atoms with Crippen molar-refractivity contribution < 1.29 is 18.0 Å². The first-order valence-electron chi connectivity index (χ1n) is 6.85. The van der Waals surface area contributed by atoms with Crippen LogP contribution in [-0.2, 0) is 21.5 Å². The summed E-state index contributed by atoms with van der Waals surface area (Å²) in [6, 6.07) is 6.50. The lowest BCUT2D eigenvalue weighted by Crippen LogP contribution is -2.30. The Morgan fingerprint density at radius 2 is 2.18 bits per heavy atom. The maximum Gasteiger partial charge on any atom is 0.319 e. The van der Waals surface area contributed by atoms with E-state index in [9.17, 15) is 18.0 Å². The van der Waals surface area contributed by atoms with E-state index in [1.807, 2.05) is 11.6 Å². The summed E-state index contributed by atoms with van der Waals surface area (Å²) in [5, 5.41) is 5.35. The molecule has 0 aliphatic carbocycles. The van der Waals surface area contributed by atoms with Crippen molar-refractivity contribution in [3.8, 4) is 0 Å². The molecule has 1 fully saturated rings. The molecule has 120 valence electrons. The van der Waals surface area contributed by atoms with Gasteiger partial charge >= 0.3 is 16.2 Å². The Labute approximate surface area is 129 Å². The average molecular weight is 326 g/mol. The van der Waals surface area contributed by atoms with Crippen LogP contribution in [0.1, 0.15) is 18.9 Å². The van der Waals surface area contributed by atoms with Gasteiger partial charge in [0.1, 0.15) is 0 Å². The topological polar surface area (TPSA) is 108 Å². The number of anilines is 1. The standard InChI is InChI=1S/C13H18N4O4S/c1-2-6-14-13(19)15-11-5-3-4-10(7-11)8-17-9-12(18)16-22(17,20)21/h3-5,7H,2,6,8-9H2,1H3,(H,16,18)(H2,14,15,19). The van der Waals surface area contributed by atoms with Gasteiger partial charge in [-0.05, 0) is 24.1 Å². The normalized spacial score (nSPS) is 17.0. The summed E-state index contributed by atoms with van der Waals surface area (Å²) in [6.45, 7) is 2.39. The number of urea groups is 1. The summed E-state index contributed by atoms with van der Waals surface area (Å²) < 4.78 is 26.3. The Morgan fingerprint density at radius 3 is 2.82 bits per heavy atom. The minimum Gasteiger partial charge on any atom is -0.338 e. The Bertz CT molecular complexity index is 674. The predicted molar refractivity (Wildman–Crippen MR) is 81.2 cm³/mol. The second-order valence-electron chi connectivity index (χ2n) is 4.88. The van der Waals surface area contributed by atoms with Crippen LogP contribution >= 0.6 is 0 Å². The van der Waals surface area contributed by atoms with Crippen molar-refractivity contribution in [3.63, 3.8) is 0 Å². The number of hydrogen-bond acceptors (Lipinski definition) is 4. The largest absolute Gasteiger partial charge is 0.338 e. The molecule has 8 nitrogen and oxygen atoms in total. The summed E-state index contributed by atoms with van der Waals surface area (Å²) in [5.74, 6) is -0.548. The van der Waals surface area contributed by atoms with Crippen molar-refractivity contribution in [3.05, 3.63) is 29.8 Å². The molecule has 0 unspecified atom stereocenters. The van der Waals surface area contributed by atoms with Crippen molar-refractivity contribution in [2.45, 2.75) is 19.9 Å². The van der Waals surface area contributed by atoms with Crippen LogP contribution in [0, 0.1) is 0 Å². The van der Waals surface area contributed by atoms with Gasteiger partial charge in [0.15, 0.2) is 0 Å². The third kappa shape index (κ3) is 4.18. The third-order valence-electron chi connectivity index (χ3n) is 2.98. The number of nitrogens with one attached hydrogen (secondary N) is 3. The third-order valence-corrected chi connectivity index (χ3v) is 4.41. The van der Waals surface area contributed by atoms with Gasteiger partial charge in [0.05, 0.1) is 6.54 Å². The van der Waals surface area contributed by atoms with E-state index in [1.165, 1.54) is 0 Å². The van der Waals surface area contributed by atoms with Gasteiger partial charge < -0.3 is 10.6 Å². The Hall–Kier alpha value is -2.13. The predicted octanol–water partition coefficient (Wildman–Crippen LogP) is 0.395. The highest BCUT2D eigenvalue weighted by atomic mass is 32.2. The molecule has 0 aromatic heterocycles. The van der Waals surface area contributed by atoms with Crippen LogP contribution in [-0.4, -0.2) is 37.8 Å². The first-order chi connectivity index (χ1) is 10.4. The van der Waals surface area contributed by atoms with E-state index in [2.05, 4.69) is 10.6 Å². The van der Waals surface area contributed by atoms with Crippen molar-refractivity contribution in [1.29, 1.82) is 0 Å². The maximum absolute atomic E-state index is 11.7. The number of rotatable bonds is 5. The second-order valence-corrected chi connectivity index (χ2v) is 6.55. The molecule has 0 saturated carbocycles. The molecule has 3 N–H and O–H groups in total. The number of amides is 3. The molecule has 2 rings (SSSR count). The van der Waals surface area contributed by atoms with Gasteiger partial charge in [-0.25, -0.2) is 9.52 Å². The van der Waals surface area contributed by atoms with Crippen LogP contribution < -0.4 is 15.4 Å². The van der Waals surface area contributed by atoms with Gasteiger partial charge in [-0.2, -0.15) is 12.7 Å². The molecule has 1 aromatic rings. The molecule has 1 heterocycles. The SMILES string of the molecule is CCCNC(=O)Nc1cccc(CN2CC(=O)NS2(=O)=O)c1. The molecule has 3 amide bonds. The fourth-order valence-electron chi connectivity index (χ4n) is 1.99. The Morgan fingerprint density at radius 1 is 1.41 bits per heavy atom. The molecule has 9 heteroatoms.